The second kappa shape index (κ2) is 5.94. The molecule has 0 bridgehead atoms. The lowest BCUT2D eigenvalue weighted by Crippen LogP contribution is -2.48. The second-order valence-electron chi connectivity index (χ2n) is 5.12. The van der Waals surface area contributed by atoms with E-state index in [2.05, 4.69) is 5.32 Å². The van der Waals surface area contributed by atoms with Crippen molar-refractivity contribution in [3.8, 4) is 0 Å². The molecule has 1 amide bonds. The SMILES string of the molecule is O=C(C1CCCCCN1)N1CC=C(C(F)(F)F)CC1. The van der Waals surface area contributed by atoms with Crippen LogP contribution in [0.2, 0.25) is 0 Å². The highest BCUT2D eigenvalue weighted by molar-refractivity contribution is 5.82. The molecule has 0 aromatic rings. The quantitative estimate of drug-likeness (QED) is 0.745. The summed E-state index contributed by atoms with van der Waals surface area (Å²) in [6, 6.07) is -0.219. The van der Waals surface area contributed by atoms with Gasteiger partial charge in [-0.3, -0.25) is 4.79 Å². The molecule has 2 aliphatic heterocycles. The number of amides is 1. The maximum Gasteiger partial charge on any atom is 0.412 e. The third-order valence-electron chi connectivity index (χ3n) is 3.74. The first kappa shape index (κ1) is 14.4. The Bertz CT molecular complexity index is 357. The van der Waals surface area contributed by atoms with Gasteiger partial charge in [-0.2, -0.15) is 13.2 Å². The van der Waals surface area contributed by atoms with Crippen molar-refractivity contribution in [3.05, 3.63) is 11.6 Å². The van der Waals surface area contributed by atoms with E-state index in [-0.39, 0.29) is 31.5 Å². The van der Waals surface area contributed by atoms with E-state index in [9.17, 15) is 18.0 Å². The summed E-state index contributed by atoms with van der Waals surface area (Å²) in [5, 5.41) is 3.19. The Morgan fingerprint density at radius 2 is 2.11 bits per heavy atom. The number of alkyl halides is 3. The van der Waals surface area contributed by atoms with E-state index in [0.29, 0.717) is 0 Å². The number of nitrogens with zero attached hydrogens (tertiary/aromatic N) is 1. The molecule has 0 saturated carbocycles. The summed E-state index contributed by atoms with van der Waals surface area (Å²) in [5.74, 6) is -0.0561. The summed E-state index contributed by atoms with van der Waals surface area (Å²) < 4.78 is 37.5. The van der Waals surface area contributed by atoms with Crippen LogP contribution in [0.5, 0.6) is 0 Å². The van der Waals surface area contributed by atoms with Gasteiger partial charge in [0, 0.05) is 18.7 Å². The van der Waals surface area contributed by atoms with Crippen molar-refractivity contribution in [1.29, 1.82) is 0 Å². The molecule has 1 saturated heterocycles. The molecule has 0 aliphatic carbocycles. The number of carbonyl (C=O) groups is 1. The predicted molar refractivity (Wildman–Crippen MR) is 65.6 cm³/mol. The minimum Gasteiger partial charge on any atom is -0.337 e. The van der Waals surface area contributed by atoms with E-state index < -0.39 is 11.7 Å². The normalized spacial score (nSPS) is 25.7. The first-order valence-electron chi connectivity index (χ1n) is 6.77. The molecule has 2 aliphatic rings. The third-order valence-corrected chi connectivity index (χ3v) is 3.74. The van der Waals surface area contributed by atoms with Gasteiger partial charge >= 0.3 is 6.18 Å². The monoisotopic (exact) mass is 276 g/mol. The van der Waals surface area contributed by atoms with Crippen LogP contribution in [0.25, 0.3) is 0 Å². The summed E-state index contributed by atoms with van der Waals surface area (Å²) >= 11 is 0. The number of nitrogens with one attached hydrogen (secondary N) is 1. The Kier molecular flexibility index (Phi) is 4.50. The Morgan fingerprint density at radius 1 is 1.32 bits per heavy atom. The maximum atomic E-state index is 12.5. The molecule has 6 heteroatoms. The fourth-order valence-corrected chi connectivity index (χ4v) is 2.59. The summed E-state index contributed by atoms with van der Waals surface area (Å²) in [6.07, 6.45) is 0.735. The minimum atomic E-state index is -4.25. The molecule has 0 radical (unpaired) electrons. The molecular weight excluding hydrogens is 257 g/mol. The van der Waals surface area contributed by atoms with E-state index in [0.717, 1.165) is 38.3 Å². The Balaban J connectivity index is 1.93. The van der Waals surface area contributed by atoms with Gasteiger partial charge in [0.1, 0.15) is 0 Å². The van der Waals surface area contributed by atoms with Crippen molar-refractivity contribution in [2.24, 2.45) is 0 Å². The highest BCUT2D eigenvalue weighted by atomic mass is 19.4. The molecule has 1 unspecified atom stereocenters. The molecule has 108 valence electrons. The Morgan fingerprint density at radius 3 is 2.74 bits per heavy atom. The lowest BCUT2D eigenvalue weighted by Gasteiger charge is -2.30. The van der Waals surface area contributed by atoms with Crippen LogP contribution in [0, 0.1) is 0 Å². The number of halogens is 3. The topological polar surface area (TPSA) is 32.3 Å². The second-order valence-corrected chi connectivity index (χ2v) is 5.12. The van der Waals surface area contributed by atoms with Crippen LogP contribution < -0.4 is 5.32 Å². The first-order chi connectivity index (χ1) is 8.98. The molecule has 0 aromatic carbocycles. The minimum absolute atomic E-state index is 0.0561. The summed E-state index contributed by atoms with van der Waals surface area (Å²) in [7, 11) is 0. The molecular formula is C13H19F3N2O. The summed E-state index contributed by atoms with van der Waals surface area (Å²) in [4.78, 5) is 13.7. The molecule has 2 rings (SSSR count). The third kappa shape index (κ3) is 3.72. The van der Waals surface area contributed by atoms with E-state index in [1.165, 1.54) is 4.90 Å². The molecule has 1 atom stereocenters. The van der Waals surface area contributed by atoms with Gasteiger partial charge in [-0.1, -0.05) is 18.9 Å². The average molecular weight is 276 g/mol. The molecule has 2 heterocycles. The zero-order valence-electron chi connectivity index (χ0n) is 10.8. The lowest BCUT2D eigenvalue weighted by atomic mass is 10.1. The number of carbonyl (C=O) groups excluding carboxylic acids is 1. The van der Waals surface area contributed by atoms with Gasteiger partial charge in [0.25, 0.3) is 0 Å². The van der Waals surface area contributed by atoms with E-state index >= 15 is 0 Å². The van der Waals surface area contributed by atoms with E-state index in [1.54, 1.807) is 0 Å². The van der Waals surface area contributed by atoms with Crippen LogP contribution in [-0.2, 0) is 4.79 Å². The maximum absolute atomic E-state index is 12.5. The van der Waals surface area contributed by atoms with Crippen LogP contribution in [-0.4, -0.2) is 42.7 Å². The highest BCUT2D eigenvalue weighted by Gasteiger charge is 2.36. The van der Waals surface area contributed by atoms with Crippen molar-refractivity contribution < 1.29 is 18.0 Å². The fraction of sp³-hybridized carbons (Fsp3) is 0.769. The standard InChI is InChI=1S/C13H19F3N2O/c14-13(15,16)10-5-8-18(9-6-10)12(19)11-4-2-1-3-7-17-11/h5,11,17H,1-4,6-9H2. The van der Waals surface area contributed by atoms with Gasteiger partial charge in [0.2, 0.25) is 5.91 Å². The van der Waals surface area contributed by atoms with Gasteiger partial charge in [-0.25, -0.2) is 0 Å². The van der Waals surface area contributed by atoms with Crippen molar-refractivity contribution in [2.45, 2.75) is 44.3 Å². The smallest absolute Gasteiger partial charge is 0.337 e. The summed E-state index contributed by atoms with van der Waals surface area (Å²) in [6.45, 7) is 1.06. The van der Waals surface area contributed by atoms with Crippen LogP contribution in [0.3, 0.4) is 0 Å². The van der Waals surface area contributed by atoms with Crippen molar-refractivity contribution in [1.82, 2.24) is 10.2 Å². The summed E-state index contributed by atoms with van der Waals surface area (Å²) in [5.41, 5.74) is -0.509. The zero-order chi connectivity index (χ0) is 13.9. The predicted octanol–water partition coefficient (Wildman–Crippen LogP) is 2.24. The number of hydrogen-bond acceptors (Lipinski definition) is 2. The molecule has 3 nitrogen and oxygen atoms in total. The van der Waals surface area contributed by atoms with Crippen molar-refractivity contribution in [3.63, 3.8) is 0 Å². The van der Waals surface area contributed by atoms with Crippen LogP contribution >= 0.6 is 0 Å². The van der Waals surface area contributed by atoms with E-state index in [4.69, 9.17) is 0 Å². The molecule has 1 fully saturated rings. The highest BCUT2D eigenvalue weighted by Crippen LogP contribution is 2.30. The Labute approximate surface area is 110 Å². The van der Waals surface area contributed by atoms with Crippen LogP contribution in [0.15, 0.2) is 11.6 Å². The average Bonchev–Trinajstić information content (AvgIpc) is 2.66. The van der Waals surface area contributed by atoms with Crippen molar-refractivity contribution >= 4 is 5.91 Å². The van der Waals surface area contributed by atoms with Crippen molar-refractivity contribution in [2.75, 3.05) is 19.6 Å². The van der Waals surface area contributed by atoms with Gasteiger partial charge < -0.3 is 10.2 Å². The first-order valence-corrected chi connectivity index (χ1v) is 6.77. The van der Waals surface area contributed by atoms with E-state index in [1.807, 2.05) is 0 Å². The van der Waals surface area contributed by atoms with Gasteiger partial charge in [0.05, 0.1) is 6.04 Å². The Hall–Kier alpha value is -1.04. The zero-order valence-corrected chi connectivity index (χ0v) is 10.8. The van der Waals surface area contributed by atoms with Gasteiger partial charge in [-0.05, 0) is 25.8 Å². The molecule has 0 spiro atoms. The number of rotatable bonds is 1. The number of hydrogen-bond donors (Lipinski definition) is 1. The van der Waals surface area contributed by atoms with Gasteiger partial charge in [0.15, 0.2) is 0 Å². The van der Waals surface area contributed by atoms with Crippen LogP contribution in [0.4, 0.5) is 13.2 Å². The fourth-order valence-electron chi connectivity index (χ4n) is 2.59. The van der Waals surface area contributed by atoms with Gasteiger partial charge in [-0.15, -0.1) is 0 Å². The molecule has 1 N–H and O–H groups in total. The molecule has 0 aromatic heterocycles. The lowest BCUT2D eigenvalue weighted by molar-refractivity contribution is -0.134. The van der Waals surface area contributed by atoms with Crippen LogP contribution in [0.1, 0.15) is 32.1 Å². The molecule has 19 heavy (non-hydrogen) atoms. The largest absolute Gasteiger partial charge is 0.412 e.